The van der Waals surface area contributed by atoms with E-state index in [-0.39, 0.29) is 5.91 Å². The molecule has 1 N–H and O–H groups in total. The fourth-order valence-electron chi connectivity index (χ4n) is 3.28. The molecule has 0 aliphatic carbocycles. The monoisotopic (exact) mass is 354 g/mol. The number of para-hydroxylation sites is 1. The first-order valence-electron chi connectivity index (χ1n) is 8.75. The van der Waals surface area contributed by atoms with Crippen LogP contribution in [0, 0.1) is 0 Å². The highest BCUT2D eigenvalue weighted by molar-refractivity contribution is 7.09. The number of benzene rings is 1. The lowest BCUT2D eigenvalue weighted by atomic mass is 10.2. The highest BCUT2D eigenvalue weighted by Crippen LogP contribution is 2.18. The Labute approximate surface area is 151 Å². The van der Waals surface area contributed by atoms with Crippen molar-refractivity contribution in [1.82, 2.24) is 19.8 Å². The largest absolute Gasteiger partial charge is 0.351 e. The van der Waals surface area contributed by atoms with E-state index in [2.05, 4.69) is 27.2 Å². The van der Waals surface area contributed by atoms with Gasteiger partial charge in [0.15, 0.2) is 0 Å². The molecule has 0 unspecified atom stereocenters. The van der Waals surface area contributed by atoms with Crippen molar-refractivity contribution >= 4 is 28.1 Å². The highest BCUT2D eigenvalue weighted by Gasteiger charge is 2.23. The van der Waals surface area contributed by atoms with Gasteiger partial charge in [0.25, 0.3) is 5.91 Å². The van der Waals surface area contributed by atoms with Crippen LogP contribution in [0.2, 0.25) is 0 Å². The molecule has 1 aliphatic rings. The lowest BCUT2D eigenvalue weighted by Crippen LogP contribution is -2.48. The van der Waals surface area contributed by atoms with Gasteiger partial charge < -0.3 is 9.88 Å². The van der Waals surface area contributed by atoms with E-state index < -0.39 is 0 Å². The number of nitrogens with zero attached hydrogens (tertiary/aromatic N) is 3. The molecular weight excluding hydrogens is 332 g/mol. The maximum atomic E-state index is 12.7. The zero-order valence-corrected chi connectivity index (χ0v) is 15.2. The number of thiazole rings is 1. The minimum Gasteiger partial charge on any atom is -0.351 e. The summed E-state index contributed by atoms with van der Waals surface area (Å²) < 4.78 is 0. The molecule has 0 radical (unpaired) electrons. The van der Waals surface area contributed by atoms with E-state index >= 15 is 0 Å². The van der Waals surface area contributed by atoms with Crippen LogP contribution in [0.25, 0.3) is 10.9 Å². The molecular formula is C19H22N4OS. The van der Waals surface area contributed by atoms with Crippen molar-refractivity contribution in [1.29, 1.82) is 0 Å². The molecule has 1 fully saturated rings. The van der Waals surface area contributed by atoms with Crippen molar-refractivity contribution in [3.8, 4) is 0 Å². The molecule has 1 amide bonds. The standard InChI is InChI=1S/C19H22N4OS/c1-2-18-20-15(13-25-18)12-22-7-9-23(10-8-22)19(24)17-11-14-5-3-4-6-16(14)21-17/h3-6,11,13,21H,2,7-10,12H2,1H3. The Bertz CT molecular complexity index is 843. The van der Waals surface area contributed by atoms with Gasteiger partial charge in [0.05, 0.1) is 10.7 Å². The molecule has 1 saturated heterocycles. The van der Waals surface area contributed by atoms with Crippen molar-refractivity contribution in [2.75, 3.05) is 26.2 Å². The molecule has 4 rings (SSSR count). The molecule has 5 nitrogen and oxygen atoms in total. The summed E-state index contributed by atoms with van der Waals surface area (Å²) in [5, 5.41) is 4.43. The summed E-state index contributed by atoms with van der Waals surface area (Å²) in [6.07, 6.45) is 0.997. The Morgan fingerprint density at radius 1 is 1.24 bits per heavy atom. The third kappa shape index (κ3) is 3.45. The van der Waals surface area contributed by atoms with E-state index in [1.807, 2.05) is 35.2 Å². The van der Waals surface area contributed by atoms with E-state index in [1.165, 1.54) is 5.01 Å². The van der Waals surface area contributed by atoms with E-state index in [0.29, 0.717) is 5.69 Å². The lowest BCUT2D eigenvalue weighted by molar-refractivity contribution is 0.0622. The maximum Gasteiger partial charge on any atom is 0.270 e. The number of carbonyl (C=O) groups excluding carboxylic acids is 1. The summed E-state index contributed by atoms with van der Waals surface area (Å²) in [5.74, 6) is 0.0952. The second kappa shape index (κ2) is 6.98. The summed E-state index contributed by atoms with van der Waals surface area (Å²) in [5.41, 5.74) is 2.85. The van der Waals surface area contributed by atoms with E-state index in [0.717, 1.165) is 55.7 Å². The second-order valence-corrected chi connectivity index (χ2v) is 7.37. The minimum absolute atomic E-state index is 0.0952. The number of piperazine rings is 1. The molecule has 0 atom stereocenters. The number of rotatable bonds is 4. The highest BCUT2D eigenvalue weighted by atomic mass is 32.1. The van der Waals surface area contributed by atoms with E-state index in [4.69, 9.17) is 0 Å². The van der Waals surface area contributed by atoms with Gasteiger partial charge >= 0.3 is 0 Å². The minimum atomic E-state index is 0.0952. The van der Waals surface area contributed by atoms with E-state index in [1.54, 1.807) is 11.3 Å². The number of H-pyrrole nitrogens is 1. The number of hydrogen-bond acceptors (Lipinski definition) is 4. The summed E-state index contributed by atoms with van der Waals surface area (Å²) in [6.45, 7) is 6.33. The molecule has 1 aliphatic heterocycles. The average molecular weight is 354 g/mol. The number of aromatic nitrogens is 2. The average Bonchev–Trinajstić information content (AvgIpc) is 3.28. The quantitative estimate of drug-likeness (QED) is 0.783. The zero-order chi connectivity index (χ0) is 17.2. The Morgan fingerprint density at radius 3 is 2.76 bits per heavy atom. The van der Waals surface area contributed by atoms with Crippen LogP contribution in [0.4, 0.5) is 0 Å². The predicted octanol–water partition coefficient (Wildman–Crippen LogP) is 3.14. The topological polar surface area (TPSA) is 52.2 Å². The molecule has 25 heavy (non-hydrogen) atoms. The van der Waals surface area contributed by atoms with Gasteiger partial charge in [0.1, 0.15) is 5.69 Å². The fraction of sp³-hybridized carbons (Fsp3) is 0.368. The van der Waals surface area contributed by atoms with Gasteiger partial charge in [-0.05, 0) is 18.6 Å². The maximum absolute atomic E-state index is 12.7. The van der Waals surface area contributed by atoms with Crippen molar-refractivity contribution in [3.05, 3.63) is 52.1 Å². The Balaban J connectivity index is 1.36. The van der Waals surface area contributed by atoms with Crippen LogP contribution in [0.3, 0.4) is 0 Å². The Hall–Kier alpha value is -2.18. The van der Waals surface area contributed by atoms with E-state index in [9.17, 15) is 4.79 Å². The van der Waals surface area contributed by atoms with Crippen LogP contribution in [0.5, 0.6) is 0 Å². The van der Waals surface area contributed by atoms with Crippen molar-refractivity contribution in [3.63, 3.8) is 0 Å². The smallest absolute Gasteiger partial charge is 0.270 e. The lowest BCUT2D eigenvalue weighted by Gasteiger charge is -2.34. The normalized spacial score (nSPS) is 15.8. The van der Waals surface area contributed by atoms with Gasteiger partial charge in [-0.3, -0.25) is 9.69 Å². The van der Waals surface area contributed by atoms with Crippen molar-refractivity contribution in [2.45, 2.75) is 19.9 Å². The Kier molecular flexibility index (Phi) is 4.55. The first-order chi connectivity index (χ1) is 12.2. The molecule has 0 spiro atoms. The van der Waals surface area contributed by atoms with Gasteiger partial charge in [-0.1, -0.05) is 25.1 Å². The van der Waals surface area contributed by atoms with Gasteiger partial charge in [-0.25, -0.2) is 4.98 Å². The first-order valence-corrected chi connectivity index (χ1v) is 9.63. The molecule has 6 heteroatoms. The third-order valence-electron chi connectivity index (χ3n) is 4.71. The van der Waals surface area contributed by atoms with Crippen LogP contribution >= 0.6 is 11.3 Å². The van der Waals surface area contributed by atoms with Crippen molar-refractivity contribution in [2.24, 2.45) is 0 Å². The molecule has 3 heterocycles. The molecule has 0 bridgehead atoms. The molecule has 2 aromatic heterocycles. The number of fused-ring (bicyclic) bond motifs is 1. The zero-order valence-electron chi connectivity index (χ0n) is 14.4. The van der Waals surface area contributed by atoms with Crippen LogP contribution in [0.15, 0.2) is 35.7 Å². The van der Waals surface area contributed by atoms with Crippen LogP contribution in [0.1, 0.15) is 28.1 Å². The predicted molar refractivity (Wildman–Crippen MR) is 101 cm³/mol. The van der Waals surface area contributed by atoms with Gasteiger partial charge in [-0.15, -0.1) is 11.3 Å². The second-order valence-electron chi connectivity index (χ2n) is 6.42. The number of amides is 1. The van der Waals surface area contributed by atoms with Gasteiger partial charge in [-0.2, -0.15) is 0 Å². The fourth-order valence-corrected chi connectivity index (χ4v) is 4.02. The van der Waals surface area contributed by atoms with Crippen molar-refractivity contribution < 1.29 is 4.79 Å². The summed E-state index contributed by atoms with van der Waals surface area (Å²) in [7, 11) is 0. The number of aryl methyl sites for hydroxylation is 1. The molecule has 3 aromatic rings. The summed E-state index contributed by atoms with van der Waals surface area (Å²) in [4.78, 5) is 24.9. The SMILES string of the molecule is CCc1nc(CN2CCN(C(=O)c3cc4ccccc4[nH]3)CC2)cs1. The Morgan fingerprint density at radius 2 is 2.04 bits per heavy atom. The van der Waals surface area contributed by atoms with Crippen LogP contribution in [-0.4, -0.2) is 51.9 Å². The molecule has 130 valence electrons. The molecule has 0 saturated carbocycles. The summed E-state index contributed by atoms with van der Waals surface area (Å²) >= 11 is 1.74. The van der Waals surface area contributed by atoms with Crippen LogP contribution in [-0.2, 0) is 13.0 Å². The van der Waals surface area contributed by atoms with Gasteiger partial charge in [0.2, 0.25) is 0 Å². The number of hydrogen-bond donors (Lipinski definition) is 1. The number of aromatic amines is 1. The van der Waals surface area contributed by atoms with Gasteiger partial charge in [0, 0.05) is 49.0 Å². The van der Waals surface area contributed by atoms with Crippen LogP contribution < -0.4 is 0 Å². The summed E-state index contributed by atoms with van der Waals surface area (Å²) in [6, 6.07) is 9.95. The number of carbonyl (C=O) groups is 1. The molecule has 1 aromatic carbocycles. The third-order valence-corrected chi connectivity index (χ3v) is 5.75. The first kappa shape index (κ1) is 16.3. The number of nitrogens with one attached hydrogen (secondary N) is 1.